The normalized spacial score (nSPS) is 17.1. The van der Waals surface area contributed by atoms with E-state index in [9.17, 15) is 0 Å². The summed E-state index contributed by atoms with van der Waals surface area (Å²) in [5, 5.41) is 0. The van der Waals surface area contributed by atoms with Crippen molar-refractivity contribution in [3.05, 3.63) is 47.2 Å². The first kappa shape index (κ1) is 13.1. The number of aromatic nitrogens is 1. The molecule has 3 rings (SSSR count). The van der Waals surface area contributed by atoms with Crippen LogP contribution >= 0.6 is 0 Å². The van der Waals surface area contributed by atoms with Gasteiger partial charge in [-0.25, -0.2) is 4.98 Å². The van der Waals surface area contributed by atoms with E-state index in [1.807, 2.05) is 13.0 Å². The monoisotopic (exact) mass is 269 g/mol. The highest BCUT2D eigenvalue weighted by Crippen LogP contribution is 2.39. The molecule has 2 aromatic rings. The Morgan fingerprint density at radius 3 is 2.65 bits per heavy atom. The van der Waals surface area contributed by atoms with Crippen LogP contribution < -0.4 is 4.74 Å². The van der Waals surface area contributed by atoms with Crippen LogP contribution in [0.2, 0.25) is 0 Å². The van der Waals surface area contributed by atoms with Gasteiger partial charge in [-0.15, -0.1) is 0 Å². The molecule has 20 heavy (non-hydrogen) atoms. The Balaban J connectivity index is 2.10. The van der Waals surface area contributed by atoms with Crippen molar-refractivity contribution in [1.29, 1.82) is 0 Å². The summed E-state index contributed by atoms with van der Waals surface area (Å²) >= 11 is 0. The molecule has 0 spiro atoms. The van der Waals surface area contributed by atoms with Crippen molar-refractivity contribution in [1.82, 2.24) is 4.98 Å². The van der Waals surface area contributed by atoms with Gasteiger partial charge in [0.05, 0.1) is 13.2 Å². The van der Waals surface area contributed by atoms with Crippen molar-refractivity contribution in [2.75, 3.05) is 14.2 Å². The molecule has 3 heteroatoms. The van der Waals surface area contributed by atoms with Gasteiger partial charge >= 0.3 is 0 Å². The Hall–Kier alpha value is -1.87. The molecule has 1 aliphatic carbocycles. The van der Waals surface area contributed by atoms with E-state index in [0.29, 0.717) is 5.88 Å². The highest BCUT2D eigenvalue weighted by molar-refractivity contribution is 5.72. The molecule has 0 aliphatic heterocycles. The maximum atomic E-state index is 5.56. The average molecular weight is 269 g/mol. The number of hydrogen-bond donors (Lipinski definition) is 0. The third-order valence-corrected chi connectivity index (χ3v) is 4.06. The summed E-state index contributed by atoms with van der Waals surface area (Å²) in [6, 6.07) is 10.5. The van der Waals surface area contributed by atoms with Crippen molar-refractivity contribution >= 4 is 0 Å². The van der Waals surface area contributed by atoms with Crippen LogP contribution in [0.15, 0.2) is 30.3 Å². The first-order chi connectivity index (χ1) is 9.74. The molecule has 0 radical (unpaired) electrons. The van der Waals surface area contributed by atoms with E-state index in [4.69, 9.17) is 9.47 Å². The third-order valence-electron chi connectivity index (χ3n) is 4.06. The molecular weight excluding hydrogens is 250 g/mol. The molecule has 0 saturated carbocycles. The molecule has 0 bridgehead atoms. The van der Waals surface area contributed by atoms with Crippen LogP contribution in [0.5, 0.6) is 5.88 Å². The van der Waals surface area contributed by atoms with Crippen LogP contribution in [0.25, 0.3) is 11.1 Å². The van der Waals surface area contributed by atoms with Crippen LogP contribution in [0, 0.1) is 6.92 Å². The van der Waals surface area contributed by atoms with E-state index in [2.05, 4.69) is 29.2 Å². The topological polar surface area (TPSA) is 31.4 Å². The van der Waals surface area contributed by atoms with Crippen LogP contribution in [0.3, 0.4) is 0 Å². The summed E-state index contributed by atoms with van der Waals surface area (Å²) in [7, 11) is 3.43. The fourth-order valence-corrected chi connectivity index (χ4v) is 3.05. The van der Waals surface area contributed by atoms with Gasteiger partial charge in [-0.2, -0.15) is 0 Å². The van der Waals surface area contributed by atoms with Crippen molar-refractivity contribution < 1.29 is 9.47 Å². The smallest absolute Gasteiger partial charge is 0.213 e. The lowest BCUT2D eigenvalue weighted by atomic mass is 9.96. The summed E-state index contributed by atoms with van der Waals surface area (Å²) in [6.45, 7) is 2.03. The molecule has 0 saturated heterocycles. The Morgan fingerprint density at radius 2 is 1.95 bits per heavy atom. The van der Waals surface area contributed by atoms with Gasteiger partial charge in [-0.05, 0) is 42.5 Å². The molecule has 1 aromatic carbocycles. The minimum Gasteiger partial charge on any atom is -0.481 e. The van der Waals surface area contributed by atoms with Crippen LogP contribution in [0.4, 0.5) is 0 Å². The molecule has 1 aliphatic rings. The van der Waals surface area contributed by atoms with Gasteiger partial charge in [0.2, 0.25) is 5.88 Å². The summed E-state index contributed by atoms with van der Waals surface area (Å²) < 4.78 is 10.7. The Kier molecular flexibility index (Phi) is 3.45. The number of methoxy groups -OCH3 is 2. The zero-order valence-corrected chi connectivity index (χ0v) is 12.1. The number of hydrogen-bond acceptors (Lipinski definition) is 3. The van der Waals surface area contributed by atoms with Crippen molar-refractivity contribution in [2.45, 2.75) is 25.9 Å². The fraction of sp³-hybridized carbons (Fsp3) is 0.353. The molecule has 0 N–H and O–H groups in total. The van der Waals surface area contributed by atoms with Gasteiger partial charge in [0.15, 0.2) is 0 Å². The van der Waals surface area contributed by atoms with Gasteiger partial charge in [-0.1, -0.05) is 18.2 Å². The van der Waals surface area contributed by atoms with Crippen molar-refractivity contribution in [3.63, 3.8) is 0 Å². The number of benzene rings is 1. The summed E-state index contributed by atoms with van der Waals surface area (Å²) in [5.41, 5.74) is 6.17. The van der Waals surface area contributed by atoms with Crippen LogP contribution in [-0.2, 0) is 11.2 Å². The summed E-state index contributed by atoms with van der Waals surface area (Å²) in [5.74, 6) is 0.661. The van der Waals surface area contributed by atoms with Gasteiger partial charge in [0.25, 0.3) is 0 Å². The molecule has 1 aromatic heterocycles. The second kappa shape index (κ2) is 5.25. The number of nitrogens with zero attached hydrogens (tertiary/aromatic N) is 1. The standard InChI is InChI=1S/C17H19NO2/c1-11-12(8-10-17(18-11)20-3)13-5-4-6-15-14(13)7-9-16(15)19-2/h4-6,8,10,16H,7,9H2,1-3H3/t16-/m1/s1. The van der Waals surface area contributed by atoms with E-state index >= 15 is 0 Å². The molecule has 1 heterocycles. The number of pyridine rings is 1. The number of aryl methyl sites for hydroxylation is 1. The predicted molar refractivity (Wildman–Crippen MR) is 79.0 cm³/mol. The Morgan fingerprint density at radius 1 is 1.10 bits per heavy atom. The highest BCUT2D eigenvalue weighted by Gasteiger charge is 2.25. The molecule has 0 amide bonds. The van der Waals surface area contributed by atoms with E-state index in [1.165, 1.54) is 22.3 Å². The summed E-state index contributed by atoms with van der Waals surface area (Å²) in [4.78, 5) is 4.48. The second-order valence-electron chi connectivity index (χ2n) is 5.12. The quantitative estimate of drug-likeness (QED) is 0.851. The Labute approximate surface area is 119 Å². The number of rotatable bonds is 3. The SMILES string of the molecule is COc1ccc(-c2cccc3c2CC[C@H]3OC)c(C)n1. The molecule has 3 nitrogen and oxygen atoms in total. The van der Waals surface area contributed by atoms with Crippen LogP contribution in [0.1, 0.15) is 29.3 Å². The predicted octanol–water partition coefficient (Wildman–Crippen LogP) is 3.70. The molecule has 0 unspecified atom stereocenters. The van der Waals surface area contributed by atoms with Gasteiger partial charge < -0.3 is 9.47 Å². The van der Waals surface area contributed by atoms with E-state index in [1.54, 1.807) is 14.2 Å². The molecule has 1 atom stereocenters. The lowest BCUT2D eigenvalue weighted by Gasteiger charge is -2.13. The number of fused-ring (bicyclic) bond motifs is 1. The van der Waals surface area contributed by atoms with Crippen molar-refractivity contribution in [3.8, 4) is 17.0 Å². The average Bonchev–Trinajstić information content (AvgIpc) is 2.90. The minimum atomic E-state index is 0.233. The van der Waals surface area contributed by atoms with Crippen molar-refractivity contribution in [2.24, 2.45) is 0 Å². The lowest BCUT2D eigenvalue weighted by Crippen LogP contribution is -1.97. The number of ether oxygens (including phenoxy) is 2. The first-order valence-electron chi connectivity index (χ1n) is 6.91. The first-order valence-corrected chi connectivity index (χ1v) is 6.91. The summed E-state index contributed by atoms with van der Waals surface area (Å²) in [6.07, 6.45) is 2.36. The van der Waals surface area contributed by atoms with Gasteiger partial charge in [0.1, 0.15) is 0 Å². The van der Waals surface area contributed by atoms with Gasteiger partial charge in [-0.3, -0.25) is 0 Å². The molecule has 0 fully saturated rings. The zero-order chi connectivity index (χ0) is 14.1. The lowest BCUT2D eigenvalue weighted by molar-refractivity contribution is 0.105. The zero-order valence-electron chi connectivity index (χ0n) is 12.1. The fourth-order valence-electron chi connectivity index (χ4n) is 3.05. The van der Waals surface area contributed by atoms with E-state index in [-0.39, 0.29) is 6.10 Å². The highest BCUT2D eigenvalue weighted by atomic mass is 16.5. The Bertz CT molecular complexity index is 637. The largest absolute Gasteiger partial charge is 0.481 e. The second-order valence-corrected chi connectivity index (χ2v) is 5.12. The van der Waals surface area contributed by atoms with E-state index in [0.717, 1.165) is 18.5 Å². The van der Waals surface area contributed by atoms with E-state index < -0.39 is 0 Å². The minimum absolute atomic E-state index is 0.233. The van der Waals surface area contributed by atoms with Crippen LogP contribution in [-0.4, -0.2) is 19.2 Å². The maximum absolute atomic E-state index is 5.56. The maximum Gasteiger partial charge on any atom is 0.213 e. The molecular formula is C17H19NO2. The van der Waals surface area contributed by atoms with Gasteiger partial charge in [0, 0.05) is 24.4 Å². The molecule has 104 valence electrons. The third kappa shape index (κ3) is 2.08.